The number of amides is 2. The van der Waals surface area contributed by atoms with E-state index in [0.29, 0.717) is 50.8 Å². The van der Waals surface area contributed by atoms with Gasteiger partial charge in [-0.2, -0.15) is 0 Å². The van der Waals surface area contributed by atoms with E-state index in [-0.39, 0.29) is 23.9 Å². The number of urea groups is 1. The number of carbonyl (C=O) groups is 2. The van der Waals surface area contributed by atoms with Crippen LogP contribution in [-0.4, -0.2) is 41.1 Å². The number of rotatable bonds is 4. The van der Waals surface area contributed by atoms with E-state index in [1.54, 1.807) is 11.0 Å². The lowest BCUT2D eigenvalue weighted by atomic mass is 9.86. The Balaban J connectivity index is 1.43. The van der Waals surface area contributed by atoms with E-state index in [1.807, 2.05) is 0 Å². The zero-order valence-electron chi connectivity index (χ0n) is 15.3. The van der Waals surface area contributed by atoms with Gasteiger partial charge in [-0.05, 0) is 62.5 Å². The molecule has 0 unspecified atom stereocenters. The van der Waals surface area contributed by atoms with Gasteiger partial charge in [0.05, 0.1) is 5.92 Å². The Morgan fingerprint density at radius 2 is 1.74 bits per heavy atom. The lowest BCUT2D eigenvalue weighted by molar-refractivity contribution is -0.142. The molecule has 0 radical (unpaired) electrons. The molecule has 1 heterocycles. The molecule has 1 aromatic rings. The van der Waals surface area contributed by atoms with Crippen LogP contribution in [-0.2, 0) is 11.2 Å². The lowest BCUT2D eigenvalue weighted by Gasteiger charge is -2.34. The maximum absolute atomic E-state index is 13.8. The summed E-state index contributed by atoms with van der Waals surface area (Å²) in [6, 6.07) is 4.19. The Morgan fingerprint density at radius 1 is 1.07 bits per heavy atom. The summed E-state index contributed by atoms with van der Waals surface area (Å²) in [6.45, 7) is 1.19. The SMILES string of the molecule is O=C(O)C1CCC(NC(=O)N2CCC(Cc3cccc(F)c3F)CC2)CC1. The molecule has 0 spiro atoms. The first kappa shape index (κ1) is 19.6. The standard InChI is InChI=1S/C20H26F2N2O3/c21-17-3-1-2-15(18(17)22)12-13-8-10-24(11-9-13)20(27)23-16-6-4-14(5-7-16)19(25)26/h1-3,13-14,16H,4-12H2,(H,23,27)(H,25,26). The van der Waals surface area contributed by atoms with Crippen LogP contribution >= 0.6 is 0 Å². The molecular weight excluding hydrogens is 354 g/mol. The highest BCUT2D eigenvalue weighted by Crippen LogP contribution is 2.26. The molecule has 1 saturated carbocycles. The molecule has 0 aromatic heterocycles. The number of carboxylic acids is 1. The lowest BCUT2D eigenvalue weighted by Crippen LogP contribution is -2.49. The molecule has 7 heteroatoms. The molecule has 2 fully saturated rings. The van der Waals surface area contributed by atoms with Gasteiger partial charge in [0.2, 0.25) is 0 Å². The van der Waals surface area contributed by atoms with Gasteiger partial charge in [-0.25, -0.2) is 13.6 Å². The fourth-order valence-corrected chi connectivity index (χ4v) is 4.11. The van der Waals surface area contributed by atoms with Gasteiger partial charge in [-0.1, -0.05) is 12.1 Å². The average molecular weight is 380 g/mol. The van der Waals surface area contributed by atoms with Crippen molar-refractivity contribution in [2.75, 3.05) is 13.1 Å². The van der Waals surface area contributed by atoms with Crippen LogP contribution in [0, 0.1) is 23.5 Å². The van der Waals surface area contributed by atoms with E-state index in [1.165, 1.54) is 6.07 Å². The van der Waals surface area contributed by atoms with Gasteiger partial charge in [0.25, 0.3) is 0 Å². The molecule has 2 N–H and O–H groups in total. The molecule has 1 aliphatic heterocycles. The number of hydrogen-bond acceptors (Lipinski definition) is 2. The first-order valence-electron chi connectivity index (χ1n) is 9.65. The van der Waals surface area contributed by atoms with Gasteiger partial charge in [0, 0.05) is 19.1 Å². The number of piperidine rings is 1. The zero-order valence-corrected chi connectivity index (χ0v) is 15.3. The van der Waals surface area contributed by atoms with Crippen LogP contribution in [0.2, 0.25) is 0 Å². The topological polar surface area (TPSA) is 69.6 Å². The summed E-state index contributed by atoms with van der Waals surface area (Å²) in [7, 11) is 0. The Hall–Kier alpha value is -2.18. The van der Waals surface area contributed by atoms with Crippen molar-refractivity contribution >= 4 is 12.0 Å². The highest BCUT2D eigenvalue weighted by atomic mass is 19.2. The van der Waals surface area contributed by atoms with E-state index in [0.717, 1.165) is 18.9 Å². The summed E-state index contributed by atoms with van der Waals surface area (Å²) >= 11 is 0. The Morgan fingerprint density at radius 3 is 2.37 bits per heavy atom. The van der Waals surface area contributed by atoms with Crippen LogP contribution in [0.5, 0.6) is 0 Å². The number of benzene rings is 1. The van der Waals surface area contributed by atoms with Gasteiger partial charge in [0.1, 0.15) is 0 Å². The molecule has 148 valence electrons. The number of nitrogens with one attached hydrogen (secondary N) is 1. The largest absolute Gasteiger partial charge is 0.481 e. The number of likely N-dealkylation sites (tertiary alicyclic amines) is 1. The Kier molecular flexibility index (Phi) is 6.29. The first-order valence-corrected chi connectivity index (χ1v) is 9.65. The molecular formula is C20H26F2N2O3. The second-order valence-electron chi connectivity index (χ2n) is 7.68. The summed E-state index contributed by atoms with van der Waals surface area (Å²) in [4.78, 5) is 25.2. The van der Waals surface area contributed by atoms with Crippen LogP contribution < -0.4 is 5.32 Å². The van der Waals surface area contributed by atoms with E-state index in [9.17, 15) is 18.4 Å². The number of carbonyl (C=O) groups excluding carboxylic acids is 1. The quantitative estimate of drug-likeness (QED) is 0.839. The monoisotopic (exact) mass is 380 g/mol. The first-order chi connectivity index (χ1) is 12.9. The predicted molar refractivity (Wildman–Crippen MR) is 96.3 cm³/mol. The number of halogens is 2. The second kappa shape index (κ2) is 8.67. The van der Waals surface area contributed by atoms with E-state index in [4.69, 9.17) is 5.11 Å². The maximum Gasteiger partial charge on any atom is 0.317 e. The number of carboxylic acid groups (broad SMARTS) is 1. The summed E-state index contributed by atoms with van der Waals surface area (Å²) in [5.74, 6) is -2.40. The van der Waals surface area contributed by atoms with E-state index >= 15 is 0 Å². The van der Waals surface area contributed by atoms with Crippen molar-refractivity contribution in [2.45, 2.75) is 51.0 Å². The van der Waals surface area contributed by atoms with Crippen LogP contribution in [0.1, 0.15) is 44.1 Å². The fraction of sp³-hybridized carbons (Fsp3) is 0.600. The Bertz CT molecular complexity index is 682. The van der Waals surface area contributed by atoms with E-state index < -0.39 is 17.6 Å². The van der Waals surface area contributed by atoms with Crippen molar-refractivity contribution in [1.29, 1.82) is 0 Å². The molecule has 1 saturated heterocycles. The maximum atomic E-state index is 13.8. The minimum Gasteiger partial charge on any atom is -0.481 e. The van der Waals surface area contributed by atoms with Gasteiger partial charge in [-0.15, -0.1) is 0 Å². The zero-order chi connectivity index (χ0) is 19.4. The molecule has 1 aliphatic carbocycles. The molecule has 5 nitrogen and oxygen atoms in total. The van der Waals surface area contributed by atoms with E-state index in [2.05, 4.69) is 5.32 Å². The Labute approximate surface area is 157 Å². The number of hydrogen-bond donors (Lipinski definition) is 2. The van der Waals surface area contributed by atoms with Crippen LogP contribution in [0.25, 0.3) is 0 Å². The molecule has 27 heavy (non-hydrogen) atoms. The number of aliphatic carboxylic acids is 1. The molecule has 0 bridgehead atoms. The predicted octanol–water partition coefficient (Wildman–Crippen LogP) is 3.57. The third kappa shape index (κ3) is 4.96. The normalized spacial score (nSPS) is 23.9. The van der Waals surface area contributed by atoms with Crippen molar-refractivity contribution in [1.82, 2.24) is 10.2 Å². The van der Waals surface area contributed by atoms with Gasteiger partial charge >= 0.3 is 12.0 Å². The minimum atomic E-state index is -0.818. The summed E-state index contributed by atoms with van der Waals surface area (Å²) in [5, 5.41) is 12.0. The fourth-order valence-electron chi connectivity index (χ4n) is 4.11. The smallest absolute Gasteiger partial charge is 0.317 e. The van der Waals surface area contributed by atoms with Crippen LogP contribution in [0.15, 0.2) is 18.2 Å². The molecule has 3 rings (SSSR count). The highest BCUT2D eigenvalue weighted by molar-refractivity contribution is 5.74. The van der Waals surface area contributed by atoms with Gasteiger partial charge < -0.3 is 15.3 Å². The second-order valence-corrected chi connectivity index (χ2v) is 7.68. The summed E-state index contributed by atoms with van der Waals surface area (Å²) < 4.78 is 27.1. The molecule has 2 aliphatic rings. The molecule has 2 amide bonds. The minimum absolute atomic E-state index is 0.0345. The van der Waals surface area contributed by atoms with Gasteiger partial charge in [-0.3, -0.25) is 4.79 Å². The van der Waals surface area contributed by atoms with Crippen molar-refractivity contribution in [3.8, 4) is 0 Å². The van der Waals surface area contributed by atoms with Crippen LogP contribution in [0.3, 0.4) is 0 Å². The number of nitrogens with zero attached hydrogens (tertiary/aromatic N) is 1. The third-order valence-electron chi connectivity index (χ3n) is 5.85. The van der Waals surface area contributed by atoms with Crippen LogP contribution in [0.4, 0.5) is 13.6 Å². The molecule has 0 atom stereocenters. The molecule has 1 aromatic carbocycles. The van der Waals surface area contributed by atoms with Gasteiger partial charge in [0.15, 0.2) is 11.6 Å². The summed E-state index contributed by atoms with van der Waals surface area (Å²) in [5.41, 5.74) is 0.396. The summed E-state index contributed by atoms with van der Waals surface area (Å²) in [6.07, 6.45) is 4.58. The van der Waals surface area contributed by atoms with Crippen molar-refractivity contribution in [2.24, 2.45) is 11.8 Å². The van der Waals surface area contributed by atoms with Crippen molar-refractivity contribution in [3.63, 3.8) is 0 Å². The highest BCUT2D eigenvalue weighted by Gasteiger charge is 2.29. The van der Waals surface area contributed by atoms with Crippen molar-refractivity contribution < 1.29 is 23.5 Å². The van der Waals surface area contributed by atoms with Crippen molar-refractivity contribution in [3.05, 3.63) is 35.4 Å². The average Bonchev–Trinajstić information content (AvgIpc) is 2.66. The third-order valence-corrected chi connectivity index (χ3v) is 5.85.